The van der Waals surface area contributed by atoms with Crippen molar-refractivity contribution in [1.82, 2.24) is 4.90 Å². The average molecular weight is 240 g/mol. The van der Waals surface area contributed by atoms with E-state index in [0.717, 1.165) is 24.4 Å². The van der Waals surface area contributed by atoms with Crippen molar-refractivity contribution in [2.75, 3.05) is 30.3 Å². The van der Waals surface area contributed by atoms with E-state index >= 15 is 0 Å². The van der Waals surface area contributed by atoms with Crippen LogP contribution in [0, 0.1) is 5.82 Å². The number of benzene rings is 1. The van der Waals surface area contributed by atoms with Gasteiger partial charge in [-0.15, -0.1) is 0 Å². The molecule has 0 unspecified atom stereocenters. The molecule has 16 heavy (non-hydrogen) atoms. The fourth-order valence-electron chi connectivity index (χ4n) is 1.89. The number of nitrogen functional groups attached to an aromatic ring is 1. The highest BCUT2D eigenvalue weighted by Gasteiger charge is 2.11. The number of nitrogens with two attached hydrogens (primary N) is 1. The van der Waals surface area contributed by atoms with Gasteiger partial charge in [0, 0.05) is 30.1 Å². The number of anilines is 1. The highest BCUT2D eigenvalue weighted by atomic mass is 32.2. The van der Waals surface area contributed by atoms with Gasteiger partial charge in [0.1, 0.15) is 5.82 Å². The van der Waals surface area contributed by atoms with E-state index in [0.29, 0.717) is 12.2 Å². The molecule has 2 nitrogen and oxygen atoms in total. The molecule has 2 rings (SSSR count). The Morgan fingerprint density at radius 2 is 2.19 bits per heavy atom. The lowest BCUT2D eigenvalue weighted by atomic mass is 10.1. The van der Waals surface area contributed by atoms with Gasteiger partial charge < -0.3 is 5.73 Å². The zero-order chi connectivity index (χ0) is 11.4. The number of hydrogen-bond acceptors (Lipinski definition) is 3. The van der Waals surface area contributed by atoms with E-state index < -0.39 is 0 Å². The predicted octanol–water partition coefficient (Wildman–Crippen LogP) is 2.35. The summed E-state index contributed by atoms with van der Waals surface area (Å²) in [4.78, 5) is 2.31. The van der Waals surface area contributed by atoms with Crippen molar-refractivity contribution in [1.29, 1.82) is 0 Å². The number of hydrogen-bond donors (Lipinski definition) is 1. The van der Waals surface area contributed by atoms with Crippen LogP contribution in [0.4, 0.5) is 10.1 Å². The SMILES string of the molecule is Nc1ccc(CN2CCCSCC2)c(F)c1. The molecule has 0 amide bonds. The molecule has 1 aromatic carbocycles. The van der Waals surface area contributed by atoms with Crippen LogP contribution >= 0.6 is 11.8 Å². The highest BCUT2D eigenvalue weighted by Crippen LogP contribution is 2.16. The molecule has 88 valence electrons. The van der Waals surface area contributed by atoms with Crippen molar-refractivity contribution in [2.24, 2.45) is 0 Å². The van der Waals surface area contributed by atoms with Crippen molar-refractivity contribution in [3.63, 3.8) is 0 Å². The van der Waals surface area contributed by atoms with E-state index in [1.54, 1.807) is 12.1 Å². The first kappa shape index (κ1) is 11.7. The Kier molecular flexibility index (Phi) is 4.07. The van der Waals surface area contributed by atoms with E-state index in [1.165, 1.54) is 18.2 Å². The summed E-state index contributed by atoms with van der Waals surface area (Å²) in [6.45, 7) is 2.82. The maximum absolute atomic E-state index is 13.6. The fraction of sp³-hybridized carbons (Fsp3) is 0.500. The molecule has 4 heteroatoms. The summed E-state index contributed by atoms with van der Waals surface area (Å²) in [6.07, 6.45) is 1.20. The molecule has 0 radical (unpaired) electrons. The third-order valence-corrected chi connectivity index (χ3v) is 3.83. The summed E-state index contributed by atoms with van der Waals surface area (Å²) in [5.74, 6) is 2.19. The van der Waals surface area contributed by atoms with Gasteiger partial charge in [-0.25, -0.2) is 4.39 Å². The topological polar surface area (TPSA) is 29.3 Å². The summed E-state index contributed by atoms with van der Waals surface area (Å²) in [7, 11) is 0. The van der Waals surface area contributed by atoms with Gasteiger partial charge in [-0.05, 0) is 30.9 Å². The summed E-state index contributed by atoms with van der Waals surface area (Å²) >= 11 is 1.98. The number of nitrogens with zero attached hydrogens (tertiary/aromatic N) is 1. The number of halogens is 1. The molecule has 1 heterocycles. The summed E-state index contributed by atoms with van der Waals surface area (Å²) in [6, 6.07) is 4.97. The van der Waals surface area contributed by atoms with Crippen LogP contribution in [0.3, 0.4) is 0 Å². The zero-order valence-corrected chi connectivity index (χ0v) is 10.1. The highest BCUT2D eigenvalue weighted by molar-refractivity contribution is 7.99. The molecule has 2 N–H and O–H groups in total. The normalized spacial score (nSPS) is 18.3. The lowest BCUT2D eigenvalue weighted by Gasteiger charge is -2.19. The average Bonchev–Trinajstić information content (AvgIpc) is 2.51. The molecule has 1 aromatic rings. The Morgan fingerprint density at radius 3 is 3.00 bits per heavy atom. The van der Waals surface area contributed by atoms with Gasteiger partial charge >= 0.3 is 0 Å². The van der Waals surface area contributed by atoms with E-state index in [2.05, 4.69) is 4.90 Å². The maximum Gasteiger partial charge on any atom is 0.129 e. The quantitative estimate of drug-likeness (QED) is 0.805. The van der Waals surface area contributed by atoms with Crippen LogP contribution in [0.25, 0.3) is 0 Å². The first-order valence-electron chi connectivity index (χ1n) is 5.60. The molecule has 1 fully saturated rings. The van der Waals surface area contributed by atoms with Gasteiger partial charge in [-0.2, -0.15) is 11.8 Å². The molecular weight excluding hydrogens is 223 g/mol. The van der Waals surface area contributed by atoms with Crippen LogP contribution in [-0.4, -0.2) is 29.5 Å². The van der Waals surface area contributed by atoms with Crippen molar-refractivity contribution >= 4 is 17.4 Å². The van der Waals surface area contributed by atoms with Crippen LogP contribution in [0.2, 0.25) is 0 Å². The van der Waals surface area contributed by atoms with Gasteiger partial charge in [-0.1, -0.05) is 6.07 Å². The molecule has 0 atom stereocenters. The lowest BCUT2D eigenvalue weighted by Crippen LogP contribution is -2.25. The number of rotatable bonds is 2. The van der Waals surface area contributed by atoms with Gasteiger partial charge in [-0.3, -0.25) is 4.90 Å². The van der Waals surface area contributed by atoms with Gasteiger partial charge in [0.2, 0.25) is 0 Å². The molecular formula is C12H17FN2S. The van der Waals surface area contributed by atoms with Crippen molar-refractivity contribution in [2.45, 2.75) is 13.0 Å². The Hall–Kier alpha value is -0.740. The molecule has 0 bridgehead atoms. The Bertz CT molecular complexity index is 349. The van der Waals surface area contributed by atoms with E-state index in [1.807, 2.05) is 11.8 Å². The van der Waals surface area contributed by atoms with E-state index in [4.69, 9.17) is 5.73 Å². The maximum atomic E-state index is 13.6. The van der Waals surface area contributed by atoms with E-state index in [-0.39, 0.29) is 5.82 Å². The van der Waals surface area contributed by atoms with E-state index in [9.17, 15) is 4.39 Å². The summed E-state index contributed by atoms with van der Waals surface area (Å²) in [5.41, 5.74) is 6.77. The van der Waals surface area contributed by atoms with Crippen molar-refractivity contribution in [3.05, 3.63) is 29.6 Å². The second-order valence-electron chi connectivity index (χ2n) is 4.09. The number of thioether (sulfide) groups is 1. The summed E-state index contributed by atoms with van der Waals surface area (Å²) in [5, 5.41) is 0. The molecule has 1 aliphatic rings. The largest absolute Gasteiger partial charge is 0.399 e. The monoisotopic (exact) mass is 240 g/mol. The second-order valence-corrected chi connectivity index (χ2v) is 5.32. The lowest BCUT2D eigenvalue weighted by molar-refractivity contribution is 0.283. The first-order chi connectivity index (χ1) is 7.75. The first-order valence-corrected chi connectivity index (χ1v) is 6.75. The van der Waals surface area contributed by atoms with Crippen LogP contribution < -0.4 is 5.73 Å². The minimum Gasteiger partial charge on any atom is -0.399 e. The Balaban J connectivity index is 2.01. The summed E-state index contributed by atoms with van der Waals surface area (Å²) < 4.78 is 13.6. The molecule has 0 saturated carbocycles. The third-order valence-electron chi connectivity index (χ3n) is 2.79. The van der Waals surface area contributed by atoms with Gasteiger partial charge in [0.05, 0.1) is 0 Å². The van der Waals surface area contributed by atoms with Gasteiger partial charge in [0.15, 0.2) is 0 Å². The molecule has 0 aliphatic carbocycles. The fourth-order valence-corrected chi connectivity index (χ4v) is 2.81. The minimum atomic E-state index is -0.183. The standard InChI is InChI=1S/C12H17FN2S/c13-12-8-11(14)3-2-10(12)9-15-4-1-6-16-7-5-15/h2-3,8H,1,4-7,9,14H2. The molecule has 1 saturated heterocycles. The Morgan fingerprint density at radius 1 is 1.31 bits per heavy atom. The van der Waals surface area contributed by atoms with Gasteiger partial charge in [0.25, 0.3) is 0 Å². The minimum absolute atomic E-state index is 0.183. The Labute approximate surface area is 100 Å². The molecule has 0 spiro atoms. The van der Waals surface area contributed by atoms with Crippen molar-refractivity contribution in [3.8, 4) is 0 Å². The second kappa shape index (κ2) is 5.55. The smallest absolute Gasteiger partial charge is 0.129 e. The molecule has 0 aromatic heterocycles. The van der Waals surface area contributed by atoms with Crippen LogP contribution in [0.5, 0.6) is 0 Å². The van der Waals surface area contributed by atoms with Crippen LogP contribution in [-0.2, 0) is 6.54 Å². The zero-order valence-electron chi connectivity index (χ0n) is 9.29. The van der Waals surface area contributed by atoms with Crippen molar-refractivity contribution < 1.29 is 4.39 Å². The van der Waals surface area contributed by atoms with Crippen LogP contribution in [0.15, 0.2) is 18.2 Å². The molecule has 1 aliphatic heterocycles. The van der Waals surface area contributed by atoms with Crippen LogP contribution in [0.1, 0.15) is 12.0 Å². The predicted molar refractivity (Wildman–Crippen MR) is 68.0 cm³/mol. The third kappa shape index (κ3) is 3.12.